The van der Waals surface area contributed by atoms with Gasteiger partial charge in [0, 0.05) is 12.0 Å². The molecule has 4 aromatic rings. The first-order valence-corrected chi connectivity index (χ1v) is 17.8. The normalized spacial score (nSPS) is 18.9. The van der Waals surface area contributed by atoms with E-state index in [0.717, 1.165) is 28.0 Å². The number of ether oxygens (including phenoxy) is 8. The van der Waals surface area contributed by atoms with Crippen LogP contribution in [0.4, 0.5) is 0 Å². The lowest BCUT2D eigenvalue weighted by Crippen LogP contribution is -2.50. The van der Waals surface area contributed by atoms with Gasteiger partial charge in [0.15, 0.2) is 6.29 Å². The van der Waals surface area contributed by atoms with Gasteiger partial charge in [-0.1, -0.05) is 66.7 Å². The largest absolute Gasteiger partial charge is 0.497 e. The van der Waals surface area contributed by atoms with E-state index in [1.165, 1.54) is 0 Å². The molecule has 5 atom stereocenters. The lowest BCUT2D eigenvalue weighted by atomic mass is 10.00. The molecule has 1 unspecified atom stereocenters. The highest BCUT2D eigenvalue weighted by molar-refractivity contribution is 7.80. The molecule has 51 heavy (non-hydrogen) atoms. The Balaban J connectivity index is 1.42. The first-order chi connectivity index (χ1) is 24.7. The average Bonchev–Trinajstić information content (AvgIpc) is 3.17. The zero-order valence-electron chi connectivity index (χ0n) is 28.8. The molecule has 0 radical (unpaired) electrons. The summed E-state index contributed by atoms with van der Waals surface area (Å²) in [4.78, 5) is 0. The maximum Gasteiger partial charge on any atom is 0.397 e. The number of hydrogen-bond donors (Lipinski definition) is 1. The summed E-state index contributed by atoms with van der Waals surface area (Å²) in [5.74, 6) is 2.11. The van der Waals surface area contributed by atoms with Crippen LogP contribution < -0.4 is 14.2 Å². The average molecular weight is 725 g/mol. The van der Waals surface area contributed by atoms with Crippen molar-refractivity contribution in [2.75, 3.05) is 34.5 Å². The van der Waals surface area contributed by atoms with E-state index in [2.05, 4.69) is 0 Å². The summed E-state index contributed by atoms with van der Waals surface area (Å²) < 4.78 is 85.6. The molecule has 1 heterocycles. The minimum absolute atomic E-state index is 0.108. The third kappa shape index (κ3) is 12.0. The summed E-state index contributed by atoms with van der Waals surface area (Å²) in [6.07, 6.45) is -3.52. The summed E-state index contributed by atoms with van der Waals surface area (Å²) in [6.45, 7) is 0.262. The molecular weight excluding hydrogens is 680 g/mol. The number of methoxy groups -OCH3 is 3. The van der Waals surface area contributed by atoms with Crippen LogP contribution in [-0.4, -0.2) is 71.9 Å². The van der Waals surface area contributed by atoms with E-state index in [-0.39, 0.29) is 32.8 Å². The molecule has 274 valence electrons. The fraction of sp³-hybridized carbons (Fsp3) is 0.368. The van der Waals surface area contributed by atoms with E-state index in [4.69, 9.17) is 42.1 Å². The van der Waals surface area contributed by atoms with Crippen molar-refractivity contribution >= 4 is 10.4 Å². The minimum Gasteiger partial charge on any atom is -0.497 e. The fourth-order valence-corrected chi connectivity index (χ4v) is 5.81. The predicted octanol–water partition coefficient (Wildman–Crippen LogP) is 6.09. The molecule has 1 saturated heterocycles. The van der Waals surface area contributed by atoms with Crippen LogP contribution in [-0.2, 0) is 58.1 Å². The van der Waals surface area contributed by atoms with Crippen molar-refractivity contribution in [2.45, 2.75) is 56.9 Å². The Morgan fingerprint density at radius 1 is 0.706 bits per heavy atom. The summed E-state index contributed by atoms with van der Waals surface area (Å²) in [6, 6.07) is 31.8. The Morgan fingerprint density at radius 2 is 1.22 bits per heavy atom. The van der Waals surface area contributed by atoms with E-state index in [1.807, 2.05) is 91.0 Å². The van der Waals surface area contributed by atoms with Gasteiger partial charge in [-0.25, -0.2) is 4.18 Å². The monoisotopic (exact) mass is 724 g/mol. The van der Waals surface area contributed by atoms with Crippen molar-refractivity contribution in [3.8, 4) is 17.2 Å². The summed E-state index contributed by atoms with van der Waals surface area (Å²) >= 11 is 0. The molecule has 1 N–H and O–H groups in total. The molecule has 1 aliphatic heterocycles. The van der Waals surface area contributed by atoms with Crippen molar-refractivity contribution in [3.63, 3.8) is 0 Å². The van der Waals surface area contributed by atoms with E-state index in [9.17, 15) is 13.0 Å². The Morgan fingerprint density at radius 3 is 1.73 bits per heavy atom. The van der Waals surface area contributed by atoms with Gasteiger partial charge >= 0.3 is 10.4 Å². The zero-order chi connectivity index (χ0) is 36.1. The second-order valence-electron chi connectivity index (χ2n) is 11.8. The molecule has 0 bridgehead atoms. The van der Waals surface area contributed by atoms with Crippen LogP contribution in [0.3, 0.4) is 0 Å². The van der Waals surface area contributed by atoms with Crippen molar-refractivity contribution in [1.82, 2.24) is 0 Å². The Kier molecular flexibility index (Phi) is 14.2. The van der Waals surface area contributed by atoms with E-state index < -0.39 is 47.7 Å². The Labute approximate surface area is 299 Å². The molecule has 0 aliphatic carbocycles. The third-order valence-corrected chi connectivity index (χ3v) is 8.72. The molecule has 12 nitrogen and oxygen atoms in total. The van der Waals surface area contributed by atoms with Gasteiger partial charge in [0.05, 0.1) is 66.6 Å². The lowest BCUT2D eigenvalue weighted by Gasteiger charge is -2.41. The molecule has 0 spiro atoms. The van der Waals surface area contributed by atoms with Crippen LogP contribution in [0, 0.1) is 0 Å². The van der Waals surface area contributed by atoms with Crippen molar-refractivity contribution in [2.24, 2.45) is 0 Å². The van der Waals surface area contributed by atoms with Crippen LogP contribution >= 0.6 is 0 Å². The topological polar surface area (TPSA) is 137 Å². The van der Waals surface area contributed by atoms with Crippen LogP contribution in [0.1, 0.15) is 35.0 Å². The first kappa shape index (κ1) is 38.2. The number of rotatable bonds is 19. The van der Waals surface area contributed by atoms with Crippen LogP contribution in [0.5, 0.6) is 17.2 Å². The van der Waals surface area contributed by atoms with E-state index in [1.54, 1.807) is 33.5 Å². The summed E-state index contributed by atoms with van der Waals surface area (Å²) in [7, 11) is 0.0161. The van der Waals surface area contributed by atoms with Crippen LogP contribution in [0.25, 0.3) is 0 Å². The van der Waals surface area contributed by atoms with E-state index in [0.29, 0.717) is 11.5 Å². The van der Waals surface area contributed by atoms with Gasteiger partial charge in [0.25, 0.3) is 0 Å². The number of hydrogen-bond acceptors (Lipinski definition) is 11. The molecular formula is C38H44O12S. The van der Waals surface area contributed by atoms with Gasteiger partial charge in [-0.2, -0.15) is 8.42 Å². The first-order valence-electron chi connectivity index (χ1n) is 16.4. The molecule has 4 aromatic carbocycles. The minimum atomic E-state index is -4.77. The SMILES string of the molecule is COc1ccc(CO[C@H](COS(=O)(=O)O)C[C@H](OCc2ccc(OC)cc2)[C@@H]2OC(c3ccccc3)OC[C@@H]2OCc2ccc(OC)cc2)cc1. The predicted molar refractivity (Wildman–Crippen MR) is 187 cm³/mol. The van der Waals surface area contributed by atoms with Gasteiger partial charge in [-0.15, -0.1) is 0 Å². The maximum absolute atomic E-state index is 11.7. The van der Waals surface area contributed by atoms with Gasteiger partial charge < -0.3 is 37.9 Å². The highest BCUT2D eigenvalue weighted by atomic mass is 32.3. The maximum atomic E-state index is 11.7. The second kappa shape index (κ2) is 19.0. The molecule has 1 aliphatic rings. The Hall–Kier alpha value is -4.05. The third-order valence-electron chi connectivity index (χ3n) is 8.29. The standard InChI is InChI=1S/C38H44O12S/c1-42-31-15-9-27(10-16-31)22-45-34(25-49-51(39,40)41)21-35(46-23-28-11-17-32(43-2)18-12-28)37-36(47-24-29-13-19-33(44-3)20-14-29)26-48-38(50-37)30-7-5-4-6-8-30/h4-20,34-38H,21-26H2,1-3H3,(H,39,40,41)/t34-,35-,36-,37-,38?/m0/s1. The molecule has 0 aromatic heterocycles. The highest BCUT2D eigenvalue weighted by Crippen LogP contribution is 2.33. The number of benzene rings is 4. The summed E-state index contributed by atoms with van der Waals surface area (Å²) in [5, 5.41) is 0. The molecule has 0 saturated carbocycles. The van der Waals surface area contributed by atoms with Gasteiger partial charge in [0.2, 0.25) is 0 Å². The second-order valence-corrected chi connectivity index (χ2v) is 12.9. The Bertz CT molecular complexity index is 1700. The molecule has 13 heteroatoms. The van der Waals surface area contributed by atoms with Gasteiger partial charge in [-0.05, 0) is 53.1 Å². The molecule has 5 rings (SSSR count). The van der Waals surface area contributed by atoms with E-state index >= 15 is 0 Å². The van der Waals surface area contributed by atoms with Crippen LogP contribution in [0.15, 0.2) is 103 Å². The van der Waals surface area contributed by atoms with Crippen molar-refractivity contribution in [3.05, 3.63) is 125 Å². The van der Waals surface area contributed by atoms with Crippen molar-refractivity contribution < 1.29 is 55.0 Å². The van der Waals surface area contributed by atoms with Crippen LogP contribution in [0.2, 0.25) is 0 Å². The summed E-state index contributed by atoms with van der Waals surface area (Å²) in [5.41, 5.74) is 3.41. The fourth-order valence-electron chi connectivity index (χ4n) is 5.49. The lowest BCUT2D eigenvalue weighted by molar-refractivity contribution is -0.293. The zero-order valence-corrected chi connectivity index (χ0v) is 29.6. The van der Waals surface area contributed by atoms with Gasteiger partial charge in [0.1, 0.15) is 29.5 Å². The van der Waals surface area contributed by atoms with Gasteiger partial charge in [-0.3, -0.25) is 4.55 Å². The molecule has 0 amide bonds. The highest BCUT2D eigenvalue weighted by Gasteiger charge is 2.41. The molecule has 1 fully saturated rings. The smallest absolute Gasteiger partial charge is 0.397 e. The quantitative estimate of drug-likeness (QED) is 0.112. The van der Waals surface area contributed by atoms with Crippen molar-refractivity contribution in [1.29, 1.82) is 0 Å².